The predicted molar refractivity (Wildman–Crippen MR) is 49.9 cm³/mol. The predicted octanol–water partition coefficient (Wildman–Crippen LogP) is 2.31. The van der Waals surface area contributed by atoms with Crippen molar-refractivity contribution in [2.24, 2.45) is 5.92 Å². The Kier molecular flexibility index (Phi) is 2.36. The highest BCUT2D eigenvalue weighted by molar-refractivity contribution is 6.29. The summed E-state index contributed by atoms with van der Waals surface area (Å²) in [6.07, 6.45) is 4.18. The molecule has 1 aliphatic rings. The normalized spacial score (nSPS) is 18.3. The quantitative estimate of drug-likeness (QED) is 0.700. The van der Waals surface area contributed by atoms with Crippen LogP contribution in [0.4, 0.5) is 0 Å². The molecule has 1 atom stereocenters. The molecule has 0 aromatic carbocycles. The molecule has 0 amide bonds. The molecule has 4 heteroatoms. The van der Waals surface area contributed by atoms with E-state index in [1.807, 2.05) is 0 Å². The molecule has 0 aliphatic heterocycles. The summed E-state index contributed by atoms with van der Waals surface area (Å²) < 4.78 is 5.58. The molecular weight excluding hydrogens is 188 g/mol. The first-order valence-electron chi connectivity index (χ1n) is 4.40. The molecule has 1 unspecified atom stereocenters. The van der Waals surface area contributed by atoms with Gasteiger partial charge in [0.05, 0.1) is 0 Å². The Bertz CT molecular complexity index is 301. The topological polar surface area (TPSA) is 35.0 Å². The van der Waals surface area contributed by atoms with Crippen molar-refractivity contribution in [1.82, 2.24) is 9.97 Å². The second kappa shape index (κ2) is 3.50. The Morgan fingerprint density at radius 1 is 1.54 bits per heavy atom. The van der Waals surface area contributed by atoms with Gasteiger partial charge >= 0.3 is 0 Å². The monoisotopic (exact) mass is 198 g/mol. The molecule has 0 saturated heterocycles. The van der Waals surface area contributed by atoms with Crippen LogP contribution in [0, 0.1) is 5.92 Å². The van der Waals surface area contributed by atoms with Gasteiger partial charge in [-0.25, -0.2) is 9.97 Å². The van der Waals surface area contributed by atoms with Gasteiger partial charge in [0.1, 0.15) is 17.6 Å². The fourth-order valence-corrected chi connectivity index (χ4v) is 1.37. The number of rotatable bonds is 3. The molecule has 1 aliphatic carbocycles. The molecule has 13 heavy (non-hydrogen) atoms. The van der Waals surface area contributed by atoms with Crippen LogP contribution in [0.2, 0.25) is 5.15 Å². The van der Waals surface area contributed by atoms with E-state index in [-0.39, 0.29) is 6.10 Å². The van der Waals surface area contributed by atoms with E-state index in [2.05, 4.69) is 16.9 Å². The first kappa shape index (κ1) is 8.75. The van der Waals surface area contributed by atoms with Gasteiger partial charge in [-0.1, -0.05) is 11.6 Å². The molecule has 3 nitrogen and oxygen atoms in total. The molecule has 0 radical (unpaired) electrons. The van der Waals surface area contributed by atoms with E-state index in [0.29, 0.717) is 17.0 Å². The van der Waals surface area contributed by atoms with Crippen molar-refractivity contribution in [1.29, 1.82) is 0 Å². The molecule has 1 fully saturated rings. The summed E-state index contributed by atoms with van der Waals surface area (Å²) in [5.74, 6) is 1.27. The number of nitrogens with zero attached hydrogens (tertiary/aromatic N) is 2. The maximum absolute atomic E-state index is 5.69. The molecule has 0 spiro atoms. The summed E-state index contributed by atoms with van der Waals surface area (Å²) in [4.78, 5) is 7.75. The van der Waals surface area contributed by atoms with Crippen LogP contribution >= 0.6 is 11.6 Å². The van der Waals surface area contributed by atoms with Gasteiger partial charge in [0.2, 0.25) is 5.88 Å². The van der Waals surface area contributed by atoms with Crippen molar-refractivity contribution in [3.8, 4) is 5.88 Å². The van der Waals surface area contributed by atoms with Crippen molar-refractivity contribution in [3.05, 3.63) is 17.5 Å². The average molecular weight is 199 g/mol. The average Bonchev–Trinajstić information content (AvgIpc) is 2.85. The Hall–Kier alpha value is -0.830. The van der Waals surface area contributed by atoms with Gasteiger partial charge in [-0.3, -0.25) is 0 Å². The van der Waals surface area contributed by atoms with E-state index >= 15 is 0 Å². The number of hydrogen-bond donors (Lipinski definition) is 0. The van der Waals surface area contributed by atoms with E-state index in [4.69, 9.17) is 16.3 Å². The van der Waals surface area contributed by atoms with Gasteiger partial charge in [0.25, 0.3) is 0 Å². The third-order valence-corrected chi connectivity index (χ3v) is 2.41. The first-order chi connectivity index (χ1) is 6.25. The number of aromatic nitrogens is 2. The summed E-state index contributed by atoms with van der Waals surface area (Å²) in [5, 5.41) is 0.424. The van der Waals surface area contributed by atoms with Gasteiger partial charge < -0.3 is 4.74 Å². The summed E-state index contributed by atoms with van der Waals surface area (Å²) in [7, 11) is 0. The van der Waals surface area contributed by atoms with Crippen molar-refractivity contribution in [2.75, 3.05) is 0 Å². The summed E-state index contributed by atoms with van der Waals surface area (Å²) in [6.45, 7) is 2.06. The largest absolute Gasteiger partial charge is 0.474 e. The summed E-state index contributed by atoms with van der Waals surface area (Å²) in [6, 6.07) is 1.64. The fourth-order valence-electron chi connectivity index (χ4n) is 1.23. The number of halogens is 1. The maximum Gasteiger partial charge on any atom is 0.218 e. The van der Waals surface area contributed by atoms with E-state index in [0.717, 1.165) is 0 Å². The smallest absolute Gasteiger partial charge is 0.218 e. The minimum Gasteiger partial charge on any atom is -0.474 e. The zero-order chi connectivity index (χ0) is 9.26. The molecule has 0 bridgehead atoms. The summed E-state index contributed by atoms with van der Waals surface area (Å²) in [5.41, 5.74) is 0. The number of ether oxygens (including phenoxy) is 1. The van der Waals surface area contributed by atoms with Crippen LogP contribution in [0.15, 0.2) is 12.4 Å². The second-order valence-electron chi connectivity index (χ2n) is 3.34. The van der Waals surface area contributed by atoms with E-state index in [1.54, 1.807) is 6.07 Å². The molecule has 70 valence electrons. The Morgan fingerprint density at radius 3 is 2.92 bits per heavy atom. The lowest BCUT2D eigenvalue weighted by molar-refractivity contribution is 0.189. The third-order valence-electron chi connectivity index (χ3n) is 2.20. The van der Waals surface area contributed by atoms with Crippen molar-refractivity contribution >= 4 is 11.6 Å². The van der Waals surface area contributed by atoms with Crippen LogP contribution in [0.1, 0.15) is 19.8 Å². The van der Waals surface area contributed by atoms with Gasteiger partial charge in [-0.15, -0.1) is 0 Å². The highest BCUT2D eigenvalue weighted by Gasteiger charge is 2.29. The van der Waals surface area contributed by atoms with E-state index < -0.39 is 0 Å². The van der Waals surface area contributed by atoms with Crippen molar-refractivity contribution < 1.29 is 4.74 Å². The second-order valence-corrected chi connectivity index (χ2v) is 3.73. The van der Waals surface area contributed by atoms with Crippen LogP contribution in [-0.4, -0.2) is 16.1 Å². The highest BCUT2D eigenvalue weighted by atomic mass is 35.5. The van der Waals surface area contributed by atoms with Gasteiger partial charge in [0, 0.05) is 6.07 Å². The van der Waals surface area contributed by atoms with Crippen molar-refractivity contribution in [2.45, 2.75) is 25.9 Å². The van der Waals surface area contributed by atoms with Gasteiger partial charge in [-0.2, -0.15) is 0 Å². The SMILES string of the molecule is CC(Oc1cc(Cl)ncn1)C1CC1. The molecule has 1 saturated carbocycles. The maximum atomic E-state index is 5.69. The molecule has 0 N–H and O–H groups in total. The van der Waals surface area contributed by atoms with Crippen LogP contribution in [0.3, 0.4) is 0 Å². The van der Waals surface area contributed by atoms with Gasteiger partial charge in [0.15, 0.2) is 0 Å². The lowest BCUT2D eigenvalue weighted by atomic mass is 10.3. The Labute approximate surface area is 82.1 Å². The zero-order valence-corrected chi connectivity index (χ0v) is 8.16. The highest BCUT2D eigenvalue weighted by Crippen LogP contribution is 2.34. The van der Waals surface area contributed by atoms with Crippen LogP contribution in [0.25, 0.3) is 0 Å². The minimum absolute atomic E-state index is 0.242. The molecule has 1 aromatic rings. The lowest BCUT2D eigenvalue weighted by Gasteiger charge is -2.11. The third kappa shape index (κ3) is 2.31. The van der Waals surface area contributed by atoms with Crippen LogP contribution < -0.4 is 4.74 Å². The standard InChI is InChI=1S/C9H11ClN2O/c1-6(7-2-3-7)13-9-4-8(10)11-5-12-9/h4-7H,2-3H2,1H3. The molecular formula is C9H11ClN2O. The molecule has 1 aromatic heterocycles. The fraction of sp³-hybridized carbons (Fsp3) is 0.556. The lowest BCUT2D eigenvalue weighted by Crippen LogP contribution is -2.14. The summed E-state index contributed by atoms with van der Waals surface area (Å²) >= 11 is 5.69. The van der Waals surface area contributed by atoms with Crippen molar-refractivity contribution in [3.63, 3.8) is 0 Å². The number of hydrogen-bond acceptors (Lipinski definition) is 3. The minimum atomic E-state index is 0.242. The molecule has 1 heterocycles. The Morgan fingerprint density at radius 2 is 2.31 bits per heavy atom. The van der Waals surface area contributed by atoms with E-state index in [9.17, 15) is 0 Å². The van der Waals surface area contributed by atoms with Crippen LogP contribution in [-0.2, 0) is 0 Å². The van der Waals surface area contributed by atoms with E-state index in [1.165, 1.54) is 19.2 Å². The zero-order valence-electron chi connectivity index (χ0n) is 7.40. The first-order valence-corrected chi connectivity index (χ1v) is 4.77. The Balaban J connectivity index is 2.00. The van der Waals surface area contributed by atoms with Crippen LogP contribution in [0.5, 0.6) is 5.88 Å². The van der Waals surface area contributed by atoms with Gasteiger partial charge in [-0.05, 0) is 25.7 Å². The molecule has 2 rings (SSSR count).